The summed E-state index contributed by atoms with van der Waals surface area (Å²) in [4.78, 5) is 0. The number of rotatable bonds is 3. The molecule has 1 heterocycles. The number of benzene rings is 1. The van der Waals surface area contributed by atoms with Crippen molar-refractivity contribution in [1.82, 2.24) is 9.78 Å². The molecule has 0 N–H and O–H groups in total. The lowest BCUT2D eigenvalue weighted by Crippen LogP contribution is -2.19. The third kappa shape index (κ3) is 2.46. The summed E-state index contributed by atoms with van der Waals surface area (Å²) in [6.07, 6.45) is 3.91. The van der Waals surface area contributed by atoms with Gasteiger partial charge in [0.25, 0.3) is 0 Å². The van der Waals surface area contributed by atoms with Gasteiger partial charge in [-0.05, 0) is 65.9 Å². The Balaban J connectivity index is 2.00. The van der Waals surface area contributed by atoms with Crippen molar-refractivity contribution < 1.29 is 4.39 Å². The van der Waals surface area contributed by atoms with Crippen LogP contribution < -0.4 is 0 Å². The van der Waals surface area contributed by atoms with E-state index in [1.165, 1.54) is 31.4 Å². The van der Waals surface area contributed by atoms with Crippen molar-refractivity contribution in [3.63, 3.8) is 0 Å². The van der Waals surface area contributed by atoms with Gasteiger partial charge in [-0.15, -0.1) is 0 Å². The first-order chi connectivity index (χ1) is 9.15. The normalized spacial score (nSPS) is 15.5. The lowest BCUT2D eigenvalue weighted by Gasteiger charge is -2.25. The molecular weight excluding hydrogens is 307 g/mol. The maximum atomic E-state index is 13.0. The van der Waals surface area contributed by atoms with Crippen LogP contribution in [-0.4, -0.2) is 9.78 Å². The van der Waals surface area contributed by atoms with Gasteiger partial charge in [-0.2, -0.15) is 5.10 Å². The molecule has 4 heteroatoms. The molecule has 19 heavy (non-hydrogen) atoms. The first-order valence-corrected chi connectivity index (χ1v) is 7.43. The average Bonchev–Trinajstić information content (AvgIpc) is 2.62. The van der Waals surface area contributed by atoms with Crippen LogP contribution in [0.2, 0.25) is 0 Å². The Bertz CT molecular complexity index is 585. The molecule has 2 nitrogen and oxygen atoms in total. The predicted octanol–water partition coefficient (Wildman–Crippen LogP) is 4.56. The third-order valence-corrected chi connectivity index (χ3v) is 4.78. The van der Waals surface area contributed by atoms with Gasteiger partial charge in [0.2, 0.25) is 0 Å². The van der Waals surface area contributed by atoms with Gasteiger partial charge in [0.05, 0.1) is 15.9 Å². The molecule has 1 aliphatic rings. The summed E-state index contributed by atoms with van der Waals surface area (Å²) in [5, 5.41) is 4.61. The maximum absolute atomic E-state index is 13.0. The van der Waals surface area contributed by atoms with E-state index >= 15 is 0 Å². The minimum atomic E-state index is -0.207. The Hall–Kier alpha value is -1.16. The summed E-state index contributed by atoms with van der Waals surface area (Å²) in [6, 6.07) is 6.62. The average molecular weight is 323 g/mol. The van der Waals surface area contributed by atoms with Crippen LogP contribution >= 0.6 is 15.9 Å². The Labute approximate surface area is 120 Å². The van der Waals surface area contributed by atoms with Gasteiger partial charge >= 0.3 is 0 Å². The van der Waals surface area contributed by atoms with Crippen LogP contribution in [0.5, 0.6) is 0 Å². The fourth-order valence-corrected chi connectivity index (χ4v) is 3.01. The molecule has 3 rings (SSSR count). The Morgan fingerprint density at radius 3 is 2.58 bits per heavy atom. The fourth-order valence-electron chi connectivity index (χ4n) is 2.50. The molecule has 0 unspecified atom stereocenters. The van der Waals surface area contributed by atoms with Crippen LogP contribution in [0.3, 0.4) is 0 Å². The Morgan fingerprint density at radius 2 is 2.00 bits per heavy atom. The topological polar surface area (TPSA) is 17.8 Å². The van der Waals surface area contributed by atoms with Gasteiger partial charge in [0.15, 0.2) is 0 Å². The molecule has 0 amide bonds. The molecule has 2 aromatic rings. The molecule has 0 aliphatic heterocycles. The van der Waals surface area contributed by atoms with E-state index in [1.54, 1.807) is 0 Å². The Morgan fingerprint density at radius 1 is 1.32 bits per heavy atom. The fraction of sp³-hybridized carbons (Fsp3) is 0.400. The summed E-state index contributed by atoms with van der Waals surface area (Å²) in [5.74, 6) is 0.534. The van der Waals surface area contributed by atoms with E-state index in [2.05, 4.69) is 25.7 Å². The third-order valence-electron chi connectivity index (χ3n) is 3.83. The smallest absolute Gasteiger partial charge is 0.123 e. The summed E-state index contributed by atoms with van der Waals surface area (Å²) in [7, 11) is 0. The van der Waals surface area contributed by atoms with Crippen molar-refractivity contribution in [2.75, 3.05) is 0 Å². The largest absolute Gasteiger partial charge is 0.263 e. The van der Waals surface area contributed by atoms with E-state index in [1.807, 2.05) is 19.1 Å². The van der Waals surface area contributed by atoms with E-state index in [0.717, 1.165) is 33.9 Å². The molecule has 1 aromatic carbocycles. The van der Waals surface area contributed by atoms with Gasteiger partial charge in [-0.3, -0.25) is 4.68 Å². The van der Waals surface area contributed by atoms with Crippen molar-refractivity contribution in [2.24, 2.45) is 5.92 Å². The molecule has 100 valence electrons. The second-order valence-corrected chi connectivity index (χ2v) is 6.03. The highest BCUT2D eigenvalue weighted by molar-refractivity contribution is 9.10. The van der Waals surface area contributed by atoms with Gasteiger partial charge in [-0.1, -0.05) is 6.42 Å². The van der Waals surface area contributed by atoms with E-state index in [0.29, 0.717) is 0 Å². The summed E-state index contributed by atoms with van der Waals surface area (Å²) in [6.45, 7) is 2.95. The Kier molecular flexibility index (Phi) is 3.44. The number of hydrogen-bond acceptors (Lipinski definition) is 1. The predicted molar refractivity (Wildman–Crippen MR) is 77.4 cm³/mol. The van der Waals surface area contributed by atoms with E-state index < -0.39 is 0 Å². The first kappa shape index (κ1) is 12.9. The number of aryl methyl sites for hydroxylation is 1. The van der Waals surface area contributed by atoms with E-state index in [-0.39, 0.29) is 5.82 Å². The minimum absolute atomic E-state index is 0.207. The zero-order valence-electron chi connectivity index (χ0n) is 10.9. The van der Waals surface area contributed by atoms with Gasteiger partial charge in [0, 0.05) is 12.1 Å². The zero-order chi connectivity index (χ0) is 13.4. The lowest BCUT2D eigenvalue weighted by atomic mass is 9.85. The maximum Gasteiger partial charge on any atom is 0.123 e. The van der Waals surface area contributed by atoms with Gasteiger partial charge in [-0.25, -0.2) is 4.39 Å². The van der Waals surface area contributed by atoms with Gasteiger partial charge < -0.3 is 0 Å². The molecule has 0 spiro atoms. The molecule has 1 fully saturated rings. The monoisotopic (exact) mass is 322 g/mol. The number of halogens is 2. The van der Waals surface area contributed by atoms with Crippen LogP contribution in [0.25, 0.3) is 11.3 Å². The summed E-state index contributed by atoms with van der Waals surface area (Å²) < 4.78 is 16.1. The van der Waals surface area contributed by atoms with Crippen LogP contribution in [0.15, 0.2) is 28.7 Å². The second-order valence-electron chi connectivity index (χ2n) is 5.23. The second kappa shape index (κ2) is 5.08. The molecule has 0 bridgehead atoms. The number of hydrogen-bond donors (Lipinski definition) is 0. The standard InChI is InChI=1S/C15H16BrFN2/c1-10-14(16)15(12-5-7-13(17)8-6-12)19(18-10)9-11-3-2-4-11/h5-8,11H,2-4,9H2,1H3. The highest BCUT2D eigenvalue weighted by Crippen LogP contribution is 2.34. The van der Waals surface area contributed by atoms with Crippen LogP contribution in [0, 0.1) is 18.7 Å². The summed E-state index contributed by atoms with van der Waals surface area (Å²) in [5.41, 5.74) is 3.05. The van der Waals surface area contributed by atoms with Crippen molar-refractivity contribution >= 4 is 15.9 Å². The molecule has 1 aromatic heterocycles. The first-order valence-electron chi connectivity index (χ1n) is 6.64. The van der Waals surface area contributed by atoms with Crippen molar-refractivity contribution in [2.45, 2.75) is 32.7 Å². The van der Waals surface area contributed by atoms with E-state index in [9.17, 15) is 4.39 Å². The number of aromatic nitrogens is 2. The van der Waals surface area contributed by atoms with Crippen molar-refractivity contribution in [3.8, 4) is 11.3 Å². The van der Waals surface area contributed by atoms with Crippen molar-refractivity contribution in [1.29, 1.82) is 0 Å². The molecular formula is C15H16BrFN2. The van der Waals surface area contributed by atoms with Crippen molar-refractivity contribution in [3.05, 3.63) is 40.2 Å². The SMILES string of the molecule is Cc1nn(CC2CCC2)c(-c2ccc(F)cc2)c1Br. The highest BCUT2D eigenvalue weighted by atomic mass is 79.9. The quantitative estimate of drug-likeness (QED) is 0.810. The molecule has 0 radical (unpaired) electrons. The molecule has 0 atom stereocenters. The highest BCUT2D eigenvalue weighted by Gasteiger charge is 2.22. The molecule has 1 saturated carbocycles. The molecule has 1 aliphatic carbocycles. The van der Waals surface area contributed by atoms with Crippen LogP contribution in [0.4, 0.5) is 4.39 Å². The minimum Gasteiger partial charge on any atom is -0.263 e. The zero-order valence-corrected chi connectivity index (χ0v) is 12.5. The molecule has 0 saturated heterocycles. The van der Waals surface area contributed by atoms with Gasteiger partial charge in [0.1, 0.15) is 5.82 Å². The summed E-state index contributed by atoms with van der Waals surface area (Å²) >= 11 is 3.61. The lowest BCUT2D eigenvalue weighted by molar-refractivity contribution is 0.267. The number of nitrogens with zero attached hydrogens (tertiary/aromatic N) is 2. The van der Waals surface area contributed by atoms with Crippen LogP contribution in [-0.2, 0) is 6.54 Å². The van der Waals surface area contributed by atoms with Crippen LogP contribution in [0.1, 0.15) is 25.0 Å². The van der Waals surface area contributed by atoms with E-state index in [4.69, 9.17) is 0 Å².